The van der Waals surface area contributed by atoms with E-state index in [0.717, 1.165) is 30.8 Å². The zero-order valence-electron chi connectivity index (χ0n) is 15.2. The van der Waals surface area contributed by atoms with E-state index in [0.29, 0.717) is 37.4 Å². The SMILES string of the molecule is CN=C(NCc1nc(C)c(C)o1)NCC1CCN(S(C)(=O)=O)CC1.I. The Morgan fingerprint density at radius 2 is 1.96 bits per heavy atom. The topological polar surface area (TPSA) is 99.8 Å². The minimum atomic E-state index is -3.07. The van der Waals surface area contributed by atoms with Crippen molar-refractivity contribution in [1.29, 1.82) is 0 Å². The molecule has 0 atom stereocenters. The second-order valence-electron chi connectivity index (χ2n) is 6.16. The van der Waals surface area contributed by atoms with Crippen molar-refractivity contribution >= 4 is 40.0 Å². The van der Waals surface area contributed by atoms with E-state index < -0.39 is 10.0 Å². The van der Waals surface area contributed by atoms with Crippen LogP contribution in [0.2, 0.25) is 0 Å². The van der Waals surface area contributed by atoms with E-state index in [1.165, 1.54) is 6.26 Å². The van der Waals surface area contributed by atoms with Crippen molar-refractivity contribution in [1.82, 2.24) is 19.9 Å². The summed E-state index contributed by atoms with van der Waals surface area (Å²) < 4.78 is 30.1. The van der Waals surface area contributed by atoms with E-state index in [2.05, 4.69) is 20.6 Å². The summed E-state index contributed by atoms with van der Waals surface area (Å²) in [4.78, 5) is 8.51. The highest BCUT2D eigenvalue weighted by Crippen LogP contribution is 2.18. The molecule has 2 N–H and O–H groups in total. The number of nitrogens with zero attached hydrogens (tertiary/aromatic N) is 3. The second-order valence-corrected chi connectivity index (χ2v) is 8.14. The minimum Gasteiger partial charge on any atom is -0.444 e. The van der Waals surface area contributed by atoms with Crippen molar-refractivity contribution in [3.8, 4) is 0 Å². The van der Waals surface area contributed by atoms with E-state index >= 15 is 0 Å². The minimum absolute atomic E-state index is 0. The largest absolute Gasteiger partial charge is 0.444 e. The summed E-state index contributed by atoms with van der Waals surface area (Å²) >= 11 is 0. The number of sulfonamides is 1. The van der Waals surface area contributed by atoms with Crippen LogP contribution in [0, 0.1) is 19.8 Å². The third kappa shape index (κ3) is 6.74. The number of guanidine groups is 1. The predicted molar refractivity (Wildman–Crippen MR) is 109 cm³/mol. The maximum atomic E-state index is 11.5. The van der Waals surface area contributed by atoms with Gasteiger partial charge in [0.25, 0.3) is 0 Å². The fourth-order valence-corrected chi connectivity index (χ4v) is 3.55. The molecule has 25 heavy (non-hydrogen) atoms. The van der Waals surface area contributed by atoms with E-state index in [-0.39, 0.29) is 24.0 Å². The van der Waals surface area contributed by atoms with Crippen LogP contribution in [0.5, 0.6) is 0 Å². The van der Waals surface area contributed by atoms with E-state index in [1.807, 2.05) is 13.8 Å². The Kier molecular flexibility index (Phi) is 8.61. The van der Waals surface area contributed by atoms with Crippen molar-refractivity contribution < 1.29 is 12.8 Å². The highest BCUT2D eigenvalue weighted by Gasteiger charge is 2.24. The van der Waals surface area contributed by atoms with Gasteiger partial charge in [-0.3, -0.25) is 4.99 Å². The molecule has 0 radical (unpaired) electrons. The van der Waals surface area contributed by atoms with Gasteiger partial charge in [-0.25, -0.2) is 17.7 Å². The first-order valence-corrected chi connectivity index (χ1v) is 9.97. The third-order valence-corrected chi connectivity index (χ3v) is 5.61. The molecule has 0 saturated carbocycles. The Morgan fingerprint density at radius 3 is 2.44 bits per heavy atom. The number of hydrogen-bond acceptors (Lipinski definition) is 5. The van der Waals surface area contributed by atoms with Gasteiger partial charge in [0.1, 0.15) is 5.76 Å². The van der Waals surface area contributed by atoms with Crippen LogP contribution in [-0.4, -0.2) is 56.6 Å². The van der Waals surface area contributed by atoms with Gasteiger partial charge in [-0.05, 0) is 32.6 Å². The highest BCUT2D eigenvalue weighted by molar-refractivity contribution is 14.0. The Hall–Kier alpha value is -0.880. The first kappa shape index (κ1) is 22.2. The Morgan fingerprint density at radius 1 is 1.32 bits per heavy atom. The van der Waals surface area contributed by atoms with E-state index in [4.69, 9.17) is 4.42 Å². The van der Waals surface area contributed by atoms with Gasteiger partial charge in [0, 0.05) is 26.7 Å². The smallest absolute Gasteiger partial charge is 0.214 e. The van der Waals surface area contributed by atoms with E-state index in [9.17, 15) is 8.42 Å². The molecule has 8 nitrogen and oxygen atoms in total. The van der Waals surface area contributed by atoms with Crippen LogP contribution in [0.1, 0.15) is 30.2 Å². The molecule has 1 aromatic rings. The Labute approximate surface area is 166 Å². The summed E-state index contributed by atoms with van der Waals surface area (Å²) in [5.74, 6) is 2.59. The van der Waals surface area contributed by atoms with Crippen LogP contribution in [-0.2, 0) is 16.6 Å². The molecule has 0 spiro atoms. The summed E-state index contributed by atoms with van der Waals surface area (Å²) in [5, 5.41) is 6.46. The number of oxazole rings is 1. The third-order valence-electron chi connectivity index (χ3n) is 4.30. The summed E-state index contributed by atoms with van der Waals surface area (Å²) in [5.41, 5.74) is 0.896. The van der Waals surface area contributed by atoms with Crippen molar-refractivity contribution in [2.45, 2.75) is 33.2 Å². The predicted octanol–water partition coefficient (Wildman–Crippen LogP) is 1.25. The van der Waals surface area contributed by atoms with Crippen LogP contribution in [0.3, 0.4) is 0 Å². The zero-order chi connectivity index (χ0) is 17.7. The number of hydrogen-bond donors (Lipinski definition) is 2. The summed E-state index contributed by atoms with van der Waals surface area (Å²) in [6, 6.07) is 0. The molecule has 2 rings (SSSR count). The maximum Gasteiger partial charge on any atom is 0.214 e. The van der Waals surface area contributed by atoms with Crippen molar-refractivity contribution in [3.63, 3.8) is 0 Å². The van der Waals surface area contributed by atoms with Crippen LogP contribution in [0.25, 0.3) is 0 Å². The molecule has 0 unspecified atom stereocenters. The van der Waals surface area contributed by atoms with Gasteiger partial charge >= 0.3 is 0 Å². The number of aryl methyl sites for hydroxylation is 2. The van der Waals surface area contributed by atoms with Gasteiger partial charge in [-0.1, -0.05) is 0 Å². The maximum absolute atomic E-state index is 11.5. The molecule has 0 bridgehead atoms. The number of aromatic nitrogens is 1. The Balaban J connectivity index is 0.00000312. The lowest BCUT2D eigenvalue weighted by Crippen LogP contribution is -2.43. The van der Waals surface area contributed by atoms with Gasteiger partial charge < -0.3 is 15.1 Å². The molecule has 1 fully saturated rings. The molecule has 1 aliphatic heterocycles. The summed E-state index contributed by atoms with van der Waals surface area (Å²) in [7, 11) is -1.35. The number of rotatable bonds is 5. The first-order valence-electron chi connectivity index (χ1n) is 8.12. The van der Waals surface area contributed by atoms with Gasteiger partial charge in [0.2, 0.25) is 15.9 Å². The lowest BCUT2D eigenvalue weighted by molar-refractivity contribution is 0.274. The molecule has 1 aliphatic rings. The highest BCUT2D eigenvalue weighted by atomic mass is 127. The quantitative estimate of drug-likeness (QED) is 0.370. The average Bonchev–Trinajstić information content (AvgIpc) is 2.85. The van der Waals surface area contributed by atoms with Crippen LogP contribution in [0.15, 0.2) is 9.41 Å². The molecule has 10 heteroatoms. The standard InChI is InChI=1S/C15H27N5O3S.HI/c1-11-12(2)23-14(19-11)10-18-15(16-3)17-9-13-5-7-20(8-6-13)24(4,21)22;/h13H,5-10H2,1-4H3,(H2,16,17,18);1H. The van der Waals surface area contributed by atoms with Gasteiger partial charge in [-0.2, -0.15) is 0 Å². The molecule has 1 aromatic heterocycles. The summed E-state index contributed by atoms with van der Waals surface area (Å²) in [6.07, 6.45) is 2.98. The van der Waals surface area contributed by atoms with Crippen LogP contribution >= 0.6 is 24.0 Å². The molecule has 0 amide bonds. The van der Waals surface area contributed by atoms with Crippen molar-refractivity contribution in [2.24, 2.45) is 10.9 Å². The zero-order valence-corrected chi connectivity index (χ0v) is 18.3. The van der Waals surface area contributed by atoms with Crippen molar-refractivity contribution in [2.75, 3.05) is 32.9 Å². The Bertz CT molecular complexity index is 662. The van der Waals surface area contributed by atoms with E-state index in [1.54, 1.807) is 11.4 Å². The van der Waals surface area contributed by atoms with Crippen LogP contribution < -0.4 is 10.6 Å². The number of nitrogens with one attached hydrogen (secondary N) is 2. The van der Waals surface area contributed by atoms with Gasteiger partial charge in [0.15, 0.2) is 5.96 Å². The number of piperidine rings is 1. The van der Waals surface area contributed by atoms with Crippen molar-refractivity contribution in [3.05, 3.63) is 17.3 Å². The number of aliphatic imine (C=N–C) groups is 1. The fraction of sp³-hybridized carbons (Fsp3) is 0.733. The monoisotopic (exact) mass is 485 g/mol. The summed E-state index contributed by atoms with van der Waals surface area (Å²) in [6.45, 7) is 6.22. The number of halogens is 1. The second kappa shape index (κ2) is 9.72. The van der Waals surface area contributed by atoms with Crippen LogP contribution in [0.4, 0.5) is 0 Å². The normalized spacial score (nSPS) is 17.2. The lowest BCUT2D eigenvalue weighted by atomic mass is 9.98. The molecule has 2 heterocycles. The lowest BCUT2D eigenvalue weighted by Gasteiger charge is -2.30. The molecule has 1 saturated heterocycles. The molecule has 144 valence electrons. The molecule has 0 aliphatic carbocycles. The molecular formula is C15H28IN5O3S. The average molecular weight is 485 g/mol. The fourth-order valence-electron chi connectivity index (χ4n) is 2.68. The molecular weight excluding hydrogens is 457 g/mol. The van der Waals surface area contributed by atoms with Gasteiger partial charge in [-0.15, -0.1) is 24.0 Å². The first-order chi connectivity index (χ1) is 11.3. The molecule has 0 aromatic carbocycles. The van der Waals surface area contributed by atoms with Gasteiger partial charge in [0.05, 0.1) is 18.5 Å².